The molecule has 3 heterocycles. The quantitative estimate of drug-likeness (QED) is 0.352. The van der Waals surface area contributed by atoms with Gasteiger partial charge in [0.15, 0.2) is 0 Å². The maximum atomic E-state index is 13.6. The molecule has 2 atom stereocenters. The van der Waals surface area contributed by atoms with Crippen LogP contribution >= 0.6 is 11.3 Å². The highest BCUT2D eigenvalue weighted by Gasteiger charge is 2.33. The number of primary amides is 1. The van der Waals surface area contributed by atoms with Gasteiger partial charge in [0.05, 0.1) is 18.0 Å². The molecule has 1 aliphatic rings. The van der Waals surface area contributed by atoms with E-state index in [1.807, 2.05) is 54.5 Å². The molecule has 2 unspecified atom stereocenters. The second-order valence-corrected chi connectivity index (χ2v) is 10.9. The van der Waals surface area contributed by atoms with Crippen molar-refractivity contribution in [2.45, 2.75) is 51.1 Å². The van der Waals surface area contributed by atoms with Crippen molar-refractivity contribution < 1.29 is 14.0 Å². The van der Waals surface area contributed by atoms with Gasteiger partial charge in [-0.1, -0.05) is 30.3 Å². The van der Waals surface area contributed by atoms with Crippen molar-refractivity contribution in [1.29, 1.82) is 0 Å². The van der Waals surface area contributed by atoms with Gasteiger partial charge in [-0.15, -0.1) is 21.5 Å². The van der Waals surface area contributed by atoms with Crippen LogP contribution in [0.2, 0.25) is 0 Å². The average Bonchev–Trinajstić information content (AvgIpc) is 3.65. The molecule has 9 nitrogen and oxygen atoms in total. The van der Waals surface area contributed by atoms with Gasteiger partial charge in [0.1, 0.15) is 5.01 Å². The number of aryl methyl sites for hydroxylation is 1. The number of rotatable bonds is 8. The molecule has 196 valence electrons. The Kier molecular flexibility index (Phi) is 7.09. The number of amides is 2. The van der Waals surface area contributed by atoms with E-state index in [9.17, 15) is 9.59 Å². The monoisotopic (exact) mass is 530 g/mol. The van der Waals surface area contributed by atoms with Gasteiger partial charge in [-0.2, -0.15) is 0 Å². The zero-order valence-corrected chi connectivity index (χ0v) is 22.2. The topological polar surface area (TPSA) is 141 Å². The van der Waals surface area contributed by atoms with E-state index >= 15 is 0 Å². The zero-order valence-electron chi connectivity index (χ0n) is 21.4. The summed E-state index contributed by atoms with van der Waals surface area (Å²) in [6, 6.07) is 14.7. The Labute approximate surface area is 224 Å². The minimum Gasteiger partial charge on any atom is -0.423 e. The van der Waals surface area contributed by atoms with Crippen molar-refractivity contribution in [1.82, 2.24) is 20.1 Å². The number of thiazole rings is 1. The Hall–Kier alpha value is -3.89. The van der Waals surface area contributed by atoms with Crippen molar-refractivity contribution in [2.75, 3.05) is 6.54 Å². The normalized spacial score (nSPS) is 16.9. The van der Waals surface area contributed by atoms with Crippen LogP contribution in [-0.2, 0) is 18.4 Å². The maximum absolute atomic E-state index is 13.6. The summed E-state index contributed by atoms with van der Waals surface area (Å²) >= 11 is 1.56. The standard InChI is InChI=1S/C28H30N6O3S/c1-17-16-38-25(31-17)22-9-6-10-34(22)26(36)21-12-19(11-20(14-21)24(29)35)13-23-32-33-27(37-23)28(2,30)15-18-7-4-3-5-8-18/h3-5,7-8,11-12,14,16,22H,6,9-10,13,15,30H2,1-2H3,(H2,29,35). The molecular formula is C28H30N6O3S. The molecule has 4 N–H and O–H groups in total. The smallest absolute Gasteiger partial charge is 0.254 e. The number of nitrogens with zero attached hydrogens (tertiary/aromatic N) is 4. The summed E-state index contributed by atoms with van der Waals surface area (Å²) in [7, 11) is 0. The molecule has 5 rings (SSSR count). The Morgan fingerprint density at radius 3 is 2.61 bits per heavy atom. The molecule has 38 heavy (non-hydrogen) atoms. The van der Waals surface area contributed by atoms with Gasteiger partial charge in [-0.3, -0.25) is 9.59 Å². The molecule has 2 amide bonds. The van der Waals surface area contributed by atoms with E-state index in [4.69, 9.17) is 15.9 Å². The van der Waals surface area contributed by atoms with Crippen molar-refractivity contribution in [3.63, 3.8) is 0 Å². The molecule has 10 heteroatoms. The summed E-state index contributed by atoms with van der Waals surface area (Å²) in [4.78, 5) is 32.2. The lowest BCUT2D eigenvalue weighted by Gasteiger charge is -2.23. The van der Waals surface area contributed by atoms with Crippen LogP contribution in [0.5, 0.6) is 0 Å². The van der Waals surface area contributed by atoms with Gasteiger partial charge >= 0.3 is 0 Å². The first-order valence-corrected chi connectivity index (χ1v) is 13.4. The van der Waals surface area contributed by atoms with Crippen LogP contribution < -0.4 is 11.5 Å². The fourth-order valence-electron chi connectivity index (χ4n) is 4.84. The first kappa shape index (κ1) is 25.7. The van der Waals surface area contributed by atoms with Crippen molar-refractivity contribution >= 4 is 23.2 Å². The summed E-state index contributed by atoms with van der Waals surface area (Å²) in [6.45, 7) is 4.42. The molecule has 1 aliphatic heterocycles. The summed E-state index contributed by atoms with van der Waals surface area (Å²) in [5.74, 6) is -0.120. The number of nitrogens with two attached hydrogens (primary N) is 2. The SMILES string of the molecule is Cc1csc(C2CCCN2C(=O)c2cc(Cc3nnc(C(C)(N)Cc4ccccc4)o3)cc(C(N)=O)c2)n1. The molecule has 0 spiro atoms. The van der Waals surface area contributed by atoms with E-state index in [2.05, 4.69) is 15.2 Å². The van der Waals surface area contributed by atoms with Gasteiger partial charge < -0.3 is 20.8 Å². The minimum absolute atomic E-state index is 0.0766. The predicted octanol–water partition coefficient (Wildman–Crippen LogP) is 3.92. The lowest BCUT2D eigenvalue weighted by atomic mass is 9.94. The lowest BCUT2D eigenvalue weighted by Crippen LogP contribution is -2.35. The maximum Gasteiger partial charge on any atom is 0.254 e. The molecule has 0 bridgehead atoms. The third kappa shape index (κ3) is 5.51. The van der Waals surface area contributed by atoms with E-state index in [0.29, 0.717) is 35.9 Å². The Morgan fingerprint density at radius 2 is 1.89 bits per heavy atom. The number of hydrogen-bond acceptors (Lipinski definition) is 8. The van der Waals surface area contributed by atoms with Crippen molar-refractivity contribution in [3.8, 4) is 0 Å². The third-order valence-corrected chi connectivity index (χ3v) is 7.75. The first-order chi connectivity index (χ1) is 18.2. The minimum atomic E-state index is -0.859. The van der Waals surface area contributed by atoms with Gasteiger partial charge in [0, 0.05) is 28.7 Å². The Balaban J connectivity index is 1.38. The van der Waals surface area contributed by atoms with Gasteiger partial charge in [-0.05, 0) is 62.4 Å². The van der Waals surface area contributed by atoms with Crippen LogP contribution in [0.25, 0.3) is 0 Å². The second kappa shape index (κ2) is 10.5. The number of aromatic nitrogens is 3. The van der Waals surface area contributed by atoms with Crippen LogP contribution in [0.3, 0.4) is 0 Å². The summed E-state index contributed by atoms with van der Waals surface area (Å²) in [5, 5.41) is 11.3. The largest absolute Gasteiger partial charge is 0.423 e. The Bertz CT molecular complexity index is 1460. The molecule has 2 aromatic heterocycles. The van der Waals surface area contributed by atoms with Crippen LogP contribution in [0.4, 0.5) is 0 Å². The first-order valence-electron chi connectivity index (χ1n) is 12.5. The zero-order chi connectivity index (χ0) is 26.9. The highest BCUT2D eigenvalue weighted by Crippen LogP contribution is 2.35. The predicted molar refractivity (Wildman–Crippen MR) is 144 cm³/mol. The third-order valence-electron chi connectivity index (χ3n) is 6.68. The lowest BCUT2D eigenvalue weighted by molar-refractivity contribution is 0.0735. The molecular weight excluding hydrogens is 500 g/mol. The van der Waals surface area contributed by atoms with Crippen LogP contribution in [-0.4, -0.2) is 38.4 Å². The van der Waals surface area contributed by atoms with Crippen molar-refractivity contribution in [2.24, 2.45) is 11.5 Å². The van der Waals surface area contributed by atoms with Crippen LogP contribution in [0.15, 0.2) is 58.3 Å². The fourth-order valence-corrected chi connectivity index (χ4v) is 5.79. The number of hydrogen-bond donors (Lipinski definition) is 2. The van der Waals surface area contributed by atoms with E-state index in [0.717, 1.165) is 29.1 Å². The Morgan fingerprint density at radius 1 is 1.13 bits per heavy atom. The van der Waals surface area contributed by atoms with E-state index in [1.54, 1.807) is 29.5 Å². The van der Waals surface area contributed by atoms with Gasteiger partial charge in [-0.25, -0.2) is 4.98 Å². The van der Waals surface area contributed by atoms with Gasteiger partial charge in [0.25, 0.3) is 5.91 Å². The summed E-state index contributed by atoms with van der Waals surface area (Å²) < 4.78 is 5.94. The number of carbonyl (C=O) groups is 2. The van der Waals surface area contributed by atoms with Crippen LogP contribution in [0.1, 0.15) is 80.1 Å². The number of likely N-dealkylation sites (tertiary alicyclic amines) is 1. The molecule has 1 fully saturated rings. The van der Waals surface area contributed by atoms with E-state index in [-0.39, 0.29) is 23.9 Å². The van der Waals surface area contributed by atoms with Gasteiger partial charge in [0.2, 0.25) is 17.7 Å². The van der Waals surface area contributed by atoms with Crippen LogP contribution in [0, 0.1) is 6.92 Å². The average molecular weight is 531 g/mol. The van der Waals surface area contributed by atoms with Crippen molar-refractivity contribution in [3.05, 3.63) is 98.6 Å². The summed E-state index contributed by atoms with van der Waals surface area (Å²) in [6.07, 6.45) is 2.50. The molecule has 0 aliphatic carbocycles. The number of carbonyl (C=O) groups excluding carboxylic acids is 2. The summed E-state index contributed by atoms with van der Waals surface area (Å²) in [5.41, 5.74) is 14.6. The molecule has 1 saturated heterocycles. The molecule has 2 aromatic carbocycles. The molecule has 0 radical (unpaired) electrons. The fraction of sp³-hybridized carbons (Fsp3) is 0.321. The van der Waals surface area contributed by atoms with E-state index in [1.165, 1.54) is 0 Å². The molecule has 0 saturated carbocycles. The highest BCUT2D eigenvalue weighted by molar-refractivity contribution is 7.09. The van der Waals surface area contributed by atoms with E-state index < -0.39 is 11.4 Å². The highest BCUT2D eigenvalue weighted by atomic mass is 32.1. The number of benzene rings is 2. The second-order valence-electron chi connectivity index (χ2n) is 10.0. The molecule has 4 aromatic rings.